The Hall–Kier alpha value is -1.22. The molecule has 1 aromatic rings. The molecule has 1 unspecified atom stereocenters. The van der Waals surface area contributed by atoms with E-state index < -0.39 is 10.0 Å². The summed E-state index contributed by atoms with van der Waals surface area (Å²) >= 11 is 0. The van der Waals surface area contributed by atoms with E-state index in [0.29, 0.717) is 19.0 Å². The fourth-order valence-corrected chi connectivity index (χ4v) is 2.95. The van der Waals surface area contributed by atoms with Gasteiger partial charge in [0.25, 0.3) is 0 Å². The van der Waals surface area contributed by atoms with Gasteiger partial charge in [-0.3, -0.25) is 0 Å². The largest absolute Gasteiger partial charge is 0.380 e. The molecule has 7 nitrogen and oxygen atoms in total. The van der Waals surface area contributed by atoms with Gasteiger partial charge in [0.15, 0.2) is 0 Å². The molecular weight excluding hydrogens is 256 g/mol. The van der Waals surface area contributed by atoms with Crippen LogP contribution >= 0.6 is 0 Å². The number of sulfonamides is 1. The van der Waals surface area contributed by atoms with E-state index in [9.17, 15) is 8.42 Å². The molecule has 100 valence electrons. The second-order valence-electron chi connectivity index (χ2n) is 4.06. The average Bonchev–Trinajstić information content (AvgIpc) is 2.39. The maximum absolute atomic E-state index is 12.0. The van der Waals surface area contributed by atoms with E-state index in [2.05, 4.69) is 15.1 Å². The normalized spacial score (nSPS) is 20.6. The molecule has 0 aromatic carbocycles. The lowest BCUT2D eigenvalue weighted by molar-refractivity contribution is 0.0774. The highest BCUT2D eigenvalue weighted by atomic mass is 32.2. The number of pyridine rings is 1. The molecule has 4 N–H and O–H groups in total. The van der Waals surface area contributed by atoms with Crippen LogP contribution in [0.3, 0.4) is 0 Å². The Morgan fingerprint density at radius 1 is 1.44 bits per heavy atom. The van der Waals surface area contributed by atoms with Crippen LogP contribution in [0.4, 0.5) is 5.82 Å². The van der Waals surface area contributed by atoms with Crippen molar-refractivity contribution in [3.63, 3.8) is 0 Å². The molecule has 0 bridgehead atoms. The van der Waals surface area contributed by atoms with Crippen LogP contribution in [0.5, 0.6) is 0 Å². The molecule has 0 radical (unpaired) electrons. The molecule has 1 aromatic heterocycles. The predicted octanol–water partition coefficient (Wildman–Crippen LogP) is -0.175. The third kappa shape index (κ3) is 3.16. The fraction of sp³-hybridized carbons (Fsp3) is 0.500. The molecule has 1 saturated heterocycles. The van der Waals surface area contributed by atoms with Gasteiger partial charge >= 0.3 is 0 Å². The first kappa shape index (κ1) is 13.2. The molecule has 0 aliphatic carbocycles. The van der Waals surface area contributed by atoms with Crippen molar-refractivity contribution in [2.24, 2.45) is 5.84 Å². The third-order valence-electron chi connectivity index (χ3n) is 2.68. The average molecular weight is 272 g/mol. The van der Waals surface area contributed by atoms with Gasteiger partial charge in [0.2, 0.25) is 10.0 Å². The monoisotopic (exact) mass is 272 g/mol. The summed E-state index contributed by atoms with van der Waals surface area (Å²) in [6.45, 7) is 1.10. The molecule has 1 atom stereocenters. The number of rotatable bonds is 4. The van der Waals surface area contributed by atoms with Gasteiger partial charge in [-0.1, -0.05) is 0 Å². The van der Waals surface area contributed by atoms with E-state index in [4.69, 9.17) is 10.6 Å². The molecule has 2 rings (SSSR count). The summed E-state index contributed by atoms with van der Waals surface area (Å²) in [6, 6.07) is 2.79. The molecule has 1 fully saturated rings. The lowest BCUT2D eigenvalue weighted by Crippen LogP contribution is -2.40. The maximum atomic E-state index is 12.0. The Morgan fingerprint density at radius 3 is 2.83 bits per heavy atom. The minimum Gasteiger partial charge on any atom is -0.380 e. The number of nitrogens with zero attached hydrogens (tertiary/aromatic N) is 1. The van der Waals surface area contributed by atoms with Crippen molar-refractivity contribution in [3.05, 3.63) is 18.3 Å². The highest BCUT2D eigenvalue weighted by Gasteiger charge is 2.22. The molecule has 2 heterocycles. The predicted molar refractivity (Wildman–Crippen MR) is 66.2 cm³/mol. The zero-order chi connectivity index (χ0) is 13.0. The van der Waals surface area contributed by atoms with Gasteiger partial charge in [-0.15, -0.1) is 0 Å². The van der Waals surface area contributed by atoms with E-state index in [1.54, 1.807) is 0 Å². The summed E-state index contributed by atoms with van der Waals surface area (Å²) in [6.07, 6.45) is 2.91. The van der Waals surface area contributed by atoms with Crippen molar-refractivity contribution >= 4 is 15.8 Å². The molecule has 8 heteroatoms. The molecule has 1 aliphatic rings. The van der Waals surface area contributed by atoms with Crippen molar-refractivity contribution < 1.29 is 13.2 Å². The SMILES string of the molecule is NNc1ccc(S(=O)(=O)NC2CCCOC2)cn1. The van der Waals surface area contributed by atoms with E-state index in [0.717, 1.165) is 12.8 Å². The quantitative estimate of drug-likeness (QED) is 0.519. The number of nitrogens with one attached hydrogen (secondary N) is 2. The van der Waals surface area contributed by atoms with Crippen LogP contribution in [-0.2, 0) is 14.8 Å². The first-order valence-electron chi connectivity index (χ1n) is 5.64. The van der Waals surface area contributed by atoms with Gasteiger partial charge in [-0.25, -0.2) is 24.0 Å². The van der Waals surface area contributed by atoms with Crippen LogP contribution in [0.2, 0.25) is 0 Å². The second kappa shape index (κ2) is 5.61. The zero-order valence-electron chi connectivity index (χ0n) is 9.80. The lowest BCUT2D eigenvalue weighted by atomic mass is 10.1. The fourth-order valence-electron chi connectivity index (χ4n) is 1.75. The Morgan fingerprint density at radius 2 is 2.28 bits per heavy atom. The summed E-state index contributed by atoms with van der Waals surface area (Å²) in [4.78, 5) is 3.99. The standard InChI is InChI=1S/C10H16N4O3S/c11-13-10-4-3-9(6-12-10)18(15,16)14-8-2-1-5-17-7-8/h3-4,6,8,14H,1-2,5,7,11H2,(H,12,13). The lowest BCUT2D eigenvalue weighted by Gasteiger charge is -2.22. The smallest absolute Gasteiger partial charge is 0.242 e. The third-order valence-corrected chi connectivity index (χ3v) is 4.18. The van der Waals surface area contributed by atoms with Crippen LogP contribution in [0.15, 0.2) is 23.2 Å². The molecule has 0 amide bonds. The Kier molecular flexibility index (Phi) is 4.12. The molecule has 1 aliphatic heterocycles. The van der Waals surface area contributed by atoms with E-state index in [1.807, 2.05) is 0 Å². The number of aromatic nitrogens is 1. The number of hydrogen-bond acceptors (Lipinski definition) is 6. The van der Waals surface area contributed by atoms with Gasteiger partial charge in [-0.2, -0.15) is 0 Å². The van der Waals surface area contributed by atoms with Crippen molar-refractivity contribution in [1.29, 1.82) is 0 Å². The summed E-state index contributed by atoms with van der Waals surface area (Å²) in [5.41, 5.74) is 2.34. The van der Waals surface area contributed by atoms with Gasteiger partial charge in [0.1, 0.15) is 10.7 Å². The van der Waals surface area contributed by atoms with Crippen LogP contribution in [0, 0.1) is 0 Å². The Labute approximate surface area is 106 Å². The second-order valence-corrected chi connectivity index (χ2v) is 5.77. The van der Waals surface area contributed by atoms with Gasteiger partial charge < -0.3 is 10.2 Å². The number of hydrazine groups is 1. The topological polar surface area (TPSA) is 106 Å². The number of anilines is 1. The number of nitrogen functional groups attached to an aromatic ring is 1. The van der Waals surface area contributed by atoms with E-state index >= 15 is 0 Å². The minimum absolute atomic E-state index is 0.118. The minimum atomic E-state index is -3.55. The van der Waals surface area contributed by atoms with Crippen LogP contribution in [0.1, 0.15) is 12.8 Å². The van der Waals surface area contributed by atoms with Gasteiger partial charge in [0, 0.05) is 18.8 Å². The number of nitrogens with two attached hydrogens (primary N) is 1. The van der Waals surface area contributed by atoms with Crippen molar-refractivity contribution in [1.82, 2.24) is 9.71 Å². The Balaban J connectivity index is 2.08. The van der Waals surface area contributed by atoms with E-state index in [-0.39, 0.29) is 10.9 Å². The molecule has 18 heavy (non-hydrogen) atoms. The van der Waals surface area contributed by atoms with Gasteiger partial charge in [-0.05, 0) is 25.0 Å². The van der Waals surface area contributed by atoms with Crippen molar-refractivity contribution in [2.45, 2.75) is 23.8 Å². The summed E-state index contributed by atoms with van der Waals surface area (Å²) in [5.74, 6) is 5.58. The zero-order valence-corrected chi connectivity index (χ0v) is 10.6. The highest BCUT2D eigenvalue weighted by molar-refractivity contribution is 7.89. The number of hydrogen-bond donors (Lipinski definition) is 3. The molecular formula is C10H16N4O3S. The number of ether oxygens (including phenoxy) is 1. The first-order chi connectivity index (χ1) is 8.62. The Bertz CT molecular complexity index is 482. The summed E-state index contributed by atoms with van der Waals surface area (Å²) in [5, 5.41) is 0. The van der Waals surface area contributed by atoms with Crippen LogP contribution in [0.25, 0.3) is 0 Å². The van der Waals surface area contributed by atoms with Crippen molar-refractivity contribution in [3.8, 4) is 0 Å². The van der Waals surface area contributed by atoms with Gasteiger partial charge in [0.05, 0.1) is 6.61 Å². The van der Waals surface area contributed by atoms with Crippen LogP contribution in [-0.4, -0.2) is 32.7 Å². The van der Waals surface area contributed by atoms with Crippen LogP contribution < -0.4 is 16.0 Å². The molecule has 0 saturated carbocycles. The highest BCUT2D eigenvalue weighted by Crippen LogP contribution is 2.13. The summed E-state index contributed by atoms with van der Waals surface area (Å²) < 4.78 is 31.9. The maximum Gasteiger partial charge on any atom is 0.242 e. The van der Waals surface area contributed by atoms with Crippen molar-refractivity contribution in [2.75, 3.05) is 18.6 Å². The summed E-state index contributed by atoms with van der Waals surface area (Å²) in [7, 11) is -3.55. The molecule has 0 spiro atoms. The first-order valence-corrected chi connectivity index (χ1v) is 7.13. The van der Waals surface area contributed by atoms with E-state index in [1.165, 1.54) is 18.3 Å².